The highest BCUT2D eigenvalue weighted by atomic mass is 32.2. The van der Waals surface area contributed by atoms with Gasteiger partial charge in [-0.3, -0.25) is 8.77 Å². The molecule has 0 fully saturated rings. The van der Waals surface area contributed by atoms with Crippen LogP contribution in [0.25, 0.3) is 22.2 Å². The van der Waals surface area contributed by atoms with Gasteiger partial charge in [0.2, 0.25) is 0 Å². The highest BCUT2D eigenvalue weighted by Gasteiger charge is 2.11. The van der Waals surface area contributed by atoms with Crippen LogP contribution in [-0.2, 0) is 0 Å². The predicted molar refractivity (Wildman–Crippen MR) is 81.9 cm³/mol. The average Bonchev–Trinajstić information content (AvgIpc) is 2.87. The molecule has 108 valence electrons. The molecule has 0 radical (unpaired) electrons. The lowest BCUT2D eigenvalue weighted by molar-refractivity contribution is 0.480. The van der Waals surface area contributed by atoms with Gasteiger partial charge in [-0.2, -0.15) is 0 Å². The van der Waals surface area contributed by atoms with Gasteiger partial charge in [-0.25, -0.2) is 14.3 Å². The molecule has 0 spiro atoms. The number of hydrogen-bond donors (Lipinski definition) is 2. The van der Waals surface area contributed by atoms with Crippen LogP contribution in [0.15, 0.2) is 35.8 Å². The number of aromatic amines is 1. The number of nitrogens with zero attached hydrogens (tertiary/aromatic N) is 4. The Balaban J connectivity index is 2.10. The molecule has 3 rings (SSSR count). The fraction of sp³-hybridized carbons (Fsp3) is 0.154. The van der Waals surface area contributed by atoms with Crippen LogP contribution >= 0.6 is 12.1 Å². The number of aromatic hydroxyl groups is 1. The number of H-pyrrole nitrogens is 1. The summed E-state index contributed by atoms with van der Waals surface area (Å²) in [5.74, 6) is -0.0385. The number of benzene rings is 1. The molecule has 0 aliphatic rings. The summed E-state index contributed by atoms with van der Waals surface area (Å²) < 4.78 is 3.77. The second kappa shape index (κ2) is 5.23. The van der Waals surface area contributed by atoms with Crippen LogP contribution in [0.5, 0.6) is 5.75 Å². The van der Waals surface area contributed by atoms with E-state index >= 15 is 0 Å². The van der Waals surface area contributed by atoms with Crippen LogP contribution in [0.3, 0.4) is 0 Å². The second-order valence-corrected chi connectivity index (χ2v) is 5.95. The molecular weight excluding hydrogens is 290 g/mol. The minimum atomic E-state index is -0.292. The van der Waals surface area contributed by atoms with E-state index in [1.165, 1.54) is 18.5 Å². The lowest BCUT2D eigenvalue weighted by Crippen LogP contribution is -2.06. The Morgan fingerprint density at radius 1 is 1.33 bits per heavy atom. The maximum Gasteiger partial charge on any atom is 0.258 e. The van der Waals surface area contributed by atoms with Crippen molar-refractivity contribution in [3.63, 3.8) is 0 Å². The number of imidazole rings is 1. The maximum absolute atomic E-state index is 11.8. The van der Waals surface area contributed by atoms with Crippen LogP contribution in [0.1, 0.15) is 0 Å². The molecule has 2 N–H and O–H groups in total. The van der Waals surface area contributed by atoms with Gasteiger partial charge in [0.1, 0.15) is 17.6 Å². The molecule has 0 saturated carbocycles. The van der Waals surface area contributed by atoms with E-state index in [1.807, 2.05) is 28.6 Å². The van der Waals surface area contributed by atoms with Gasteiger partial charge in [0.15, 0.2) is 0 Å². The third-order valence-electron chi connectivity index (χ3n) is 2.84. The van der Waals surface area contributed by atoms with E-state index in [0.29, 0.717) is 16.6 Å². The molecule has 0 unspecified atom stereocenters. The van der Waals surface area contributed by atoms with E-state index in [4.69, 9.17) is 0 Å². The average molecular weight is 303 g/mol. The third-order valence-corrected chi connectivity index (χ3v) is 3.55. The van der Waals surface area contributed by atoms with E-state index < -0.39 is 0 Å². The molecule has 8 heteroatoms. The normalized spacial score (nSPS) is 11.4. The Hall–Kier alpha value is -2.32. The zero-order valence-corrected chi connectivity index (χ0v) is 12.3. The van der Waals surface area contributed by atoms with Gasteiger partial charge in [0.25, 0.3) is 5.56 Å². The molecule has 0 saturated heterocycles. The van der Waals surface area contributed by atoms with E-state index in [0.717, 1.165) is 0 Å². The summed E-state index contributed by atoms with van der Waals surface area (Å²) in [5.41, 5.74) is 1.32. The van der Waals surface area contributed by atoms with Crippen LogP contribution in [0, 0.1) is 0 Å². The number of hydrogen-bond acceptors (Lipinski definition) is 6. The molecular formula is C13H13N5O2S. The van der Waals surface area contributed by atoms with Gasteiger partial charge in [-0.15, -0.1) is 0 Å². The van der Waals surface area contributed by atoms with E-state index in [2.05, 4.69) is 15.0 Å². The first-order chi connectivity index (χ1) is 10.0. The van der Waals surface area contributed by atoms with Crippen molar-refractivity contribution in [1.82, 2.24) is 23.2 Å². The number of fused-ring (bicyclic) bond motifs is 1. The molecule has 0 aliphatic heterocycles. The molecule has 21 heavy (non-hydrogen) atoms. The Morgan fingerprint density at radius 2 is 2.14 bits per heavy atom. The Kier molecular flexibility index (Phi) is 3.40. The SMILES string of the molecule is CN(C)Sn1cnc(-c2cc(O)c3nc[nH]c(=O)c3c2)c1. The standard InChI is InChI=1S/C13H13N5O2S/c1-17(2)21-18-5-10(16-7-18)8-3-9-12(11(19)4-8)14-6-15-13(9)20/h3-7,19H,1-2H3,(H,14,15,20). The van der Waals surface area contributed by atoms with Gasteiger partial charge in [0.05, 0.1) is 17.4 Å². The first kappa shape index (κ1) is 13.7. The zero-order valence-electron chi connectivity index (χ0n) is 11.4. The summed E-state index contributed by atoms with van der Waals surface area (Å²) in [4.78, 5) is 22.6. The molecule has 0 bridgehead atoms. The van der Waals surface area contributed by atoms with Crippen molar-refractivity contribution in [3.8, 4) is 17.0 Å². The quantitative estimate of drug-likeness (QED) is 0.712. The van der Waals surface area contributed by atoms with Crippen molar-refractivity contribution in [2.75, 3.05) is 14.1 Å². The smallest absolute Gasteiger partial charge is 0.258 e. The maximum atomic E-state index is 11.8. The van der Waals surface area contributed by atoms with Gasteiger partial charge in [0, 0.05) is 23.9 Å². The minimum absolute atomic E-state index is 0.0385. The van der Waals surface area contributed by atoms with E-state index in [9.17, 15) is 9.90 Å². The highest BCUT2D eigenvalue weighted by Crippen LogP contribution is 2.28. The van der Waals surface area contributed by atoms with Crippen molar-refractivity contribution < 1.29 is 5.11 Å². The van der Waals surface area contributed by atoms with Crippen molar-refractivity contribution in [1.29, 1.82) is 0 Å². The summed E-state index contributed by atoms with van der Waals surface area (Å²) in [6, 6.07) is 3.23. The van der Waals surface area contributed by atoms with Gasteiger partial charge < -0.3 is 10.1 Å². The minimum Gasteiger partial charge on any atom is -0.506 e. The van der Waals surface area contributed by atoms with E-state index in [1.54, 1.807) is 18.5 Å². The van der Waals surface area contributed by atoms with Crippen molar-refractivity contribution in [2.24, 2.45) is 0 Å². The Bertz CT molecular complexity index is 855. The molecule has 2 aromatic heterocycles. The van der Waals surface area contributed by atoms with E-state index in [-0.39, 0.29) is 16.8 Å². The molecule has 2 heterocycles. The predicted octanol–water partition coefficient (Wildman–Crippen LogP) is 1.47. The lowest BCUT2D eigenvalue weighted by atomic mass is 10.1. The number of phenols is 1. The monoisotopic (exact) mass is 303 g/mol. The summed E-state index contributed by atoms with van der Waals surface area (Å²) in [6.07, 6.45) is 4.77. The fourth-order valence-electron chi connectivity index (χ4n) is 2.00. The van der Waals surface area contributed by atoms with Crippen molar-refractivity contribution >= 4 is 23.0 Å². The summed E-state index contributed by atoms with van der Waals surface area (Å²) in [5, 5.41) is 10.4. The number of phenolic OH excluding ortho intramolecular Hbond substituents is 1. The Labute approximate surface area is 124 Å². The molecule has 0 aliphatic carbocycles. The largest absolute Gasteiger partial charge is 0.506 e. The second-order valence-electron chi connectivity index (χ2n) is 4.64. The molecule has 0 amide bonds. The van der Waals surface area contributed by atoms with Gasteiger partial charge >= 0.3 is 0 Å². The summed E-state index contributed by atoms with van der Waals surface area (Å²) >= 11 is 1.47. The van der Waals surface area contributed by atoms with Crippen LogP contribution < -0.4 is 5.56 Å². The highest BCUT2D eigenvalue weighted by molar-refractivity contribution is 7.95. The van der Waals surface area contributed by atoms with Crippen molar-refractivity contribution in [2.45, 2.75) is 0 Å². The first-order valence-electron chi connectivity index (χ1n) is 6.15. The molecule has 1 aromatic carbocycles. The number of nitrogens with one attached hydrogen (secondary N) is 1. The fourth-order valence-corrected chi connectivity index (χ4v) is 2.61. The molecule has 3 aromatic rings. The molecule has 0 atom stereocenters. The zero-order chi connectivity index (χ0) is 15.0. The van der Waals surface area contributed by atoms with Crippen LogP contribution in [0.2, 0.25) is 0 Å². The topological polar surface area (TPSA) is 87.0 Å². The van der Waals surface area contributed by atoms with Gasteiger partial charge in [-0.1, -0.05) is 0 Å². The third kappa shape index (κ3) is 2.63. The van der Waals surface area contributed by atoms with Crippen LogP contribution in [0.4, 0.5) is 0 Å². The Morgan fingerprint density at radius 3 is 2.90 bits per heavy atom. The summed E-state index contributed by atoms with van der Waals surface area (Å²) in [6.45, 7) is 0. The van der Waals surface area contributed by atoms with Crippen molar-refractivity contribution in [3.05, 3.63) is 41.3 Å². The number of rotatable bonds is 3. The summed E-state index contributed by atoms with van der Waals surface area (Å²) in [7, 11) is 3.86. The number of aromatic nitrogens is 4. The lowest BCUT2D eigenvalue weighted by Gasteiger charge is -2.06. The van der Waals surface area contributed by atoms with Gasteiger partial charge in [-0.05, 0) is 26.2 Å². The molecule has 7 nitrogen and oxygen atoms in total. The first-order valence-corrected chi connectivity index (χ1v) is 6.88. The van der Waals surface area contributed by atoms with Crippen LogP contribution in [-0.4, -0.2) is 42.4 Å².